The Labute approximate surface area is 110 Å². The maximum atomic E-state index is 11.1. The summed E-state index contributed by atoms with van der Waals surface area (Å²) < 4.78 is 9.56. The molecule has 0 aromatic carbocycles. The van der Waals surface area contributed by atoms with Crippen LogP contribution in [0.4, 0.5) is 9.80 Å². The quantitative estimate of drug-likeness (QED) is 0.763. The maximum Gasteiger partial charge on any atom is 0.513 e. The van der Waals surface area contributed by atoms with Crippen molar-refractivity contribution in [2.75, 3.05) is 25.9 Å². The molecule has 1 aliphatic heterocycles. The summed E-state index contributed by atoms with van der Waals surface area (Å²) >= 11 is 1.49. The van der Waals surface area contributed by atoms with Gasteiger partial charge in [-0.15, -0.1) is 23.7 Å². The SMILES string of the molecule is COC(=O)Oc1c(N)sc2c1CCNCC2.Cl. The molecule has 5 nitrogen and oxygen atoms in total. The van der Waals surface area contributed by atoms with E-state index in [0.717, 1.165) is 31.5 Å². The number of carbonyl (C=O) groups is 1. The van der Waals surface area contributed by atoms with Gasteiger partial charge in [0.05, 0.1) is 7.11 Å². The molecule has 0 unspecified atom stereocenters. The van der Waals surface area contributed by atoms with Crippen LogP contribution < -0.4 is 15.8 Å². The van der Waals surface area contributed by atoms with Crippen LogP contribution in [0.15, 0.2) is 0 Å². The second kappa shape index (κ2) is 6.09. The Morgan fingerprint density at radius 1 is 1.41 bits per heavy atom. The Morgan fingerprint density at radius 2 is 2.12 bits per heavy atom. The molecule has 0 saturated carbocycles. The van der Waals surface area contributed by atoms with Gasteiger partial charge in [-0.25, -0.2) is 4.79 Å². The molecule has 2 heterocycles. The van der Waals surface area contributed by atoms with Gasteiger partial charge in [0.15, 0.2) is 5.75 Å². The molecule has 1 aromatic rings. The van der Waals surface area contributed by atoms with Crippen molar-refractivity contribution in [3.8, 4) is 5.75 Å². The molecule has 2 rings (SSSR count). The number of hydrogen-bond acceptors (Lipinski definition) is 6. The number of rotatable bonds is 1. The topological polar surface area (TPSA) is 73.6 Å². The maximum absolute atomic E-state index is 11.1. The van der Waals surface area contributed by atoms with Crippen molar-refractivity contribution < 1.29 is 14.3 Å². The molecular weight excluding hydrogens is 264 g/mol. The summed E-state index contributed by atoms with van der Waals surface area (Å²) in [4.78, 5) is 12.3. The van der Waals surface area contributed by atoms with Gasteiger partial charge in [0, 0.05) is 10.4 Å². The standard InChI is InChI=1S/C10H14N2O3S.ClH/c1-14-10(13)15-8-6-2-4-12-5-3-7(6)16-9(8)11;/h12H,2-5,11H2,1H3;1H. The largest absolute Gasteiger partial charge is 0.513 e. The van der Waals surface area contributed by atoms with Gasteiger partial charge in [-0.3, -0.25) is 0 Å². The predicted octanol–water partition coefficient (Wildman–Crippen LogP) is 1.59. The number of ether oxygens (including phenoxy) is 2. The molecule has 0 radical (unpaired) electrons. The molecular formula is C10H15ClN2O3S. The van der Waals surface area contributed by atoms with Gasteiger partial charge >= 0.3 is 6.16 Å². The molecule has 17 heavy (non-hydrogen) atoms. The van der Waals surface area contributed by atoms with Crippen molar-refractivity contribution >= 4 is 34.9 Å². The van der Waals surface area contributed by atoms with Gasteiger partial charge in [0.1, 0.15) is 5.00 Å². The lowest BCUT2D eigenvalue weighted by Crippen LogP contribution is -2.16. The number of thiophene rings is 1. The number of halogens is 1. The summed E-state index contributed by atoms with van der Waals surface area (Å²) in [6.07, 6.45) is 1.04. The average Bonchev–Trinajstić information content (AvgIpc) is 2.46. The van der Waals surface area contributed by atoms with E-state index in [2.05, 4.69) is 10.1 Å². The molecule has 96 valence electrons. The Morgan fingerprint density at radius 3 is 2.82 bits per heavy atom. The van der Waals surface area contributed by atoms with Gasteiger partial charge in [0.2, 0.25) is 0 Å². The fourth-order valence-corrected chi connectivity index (χ4v) is 2.79. The normalized spacial score (nSPS) is 14.2. The molecule has 7 heteroatoms. The highest BCUT2D eigenvalue weighted by molar-refractivity contribution is 7.16. The zero-order valence-electron chi connectivity index (χ0n) is 9.45. The van der Waals surface area contributed by atoms with E-state index in [1.54, 1.807) is 0 Å². The molecule has 0 aliphatic carbocycles. The molecule has 0 bridgehead atoms. The number of hydrogen-bond donors (Lipinski definition) is 2. The van der Waals surface area contributed by atoms with Crippen LogP contribution in [0.25, 0.3) is 0 Å². The number of carbonyl (C=O) groups excluding carboxylic acids is 1. The van der Waals surface area contributed by atoms with Gasteiger partial charge in [-0.05, 0) is 25.9 Å². The minimum atomic E-state index is -0.718. The second-order valence-electron chi connectivity index (χ2n) is 3.50. The van der Waals surface area contributed by atoms with Gasteiger partial charge in [0.25, 0.3) is 0 Å². The van der Waals surface area contributed by atoms with Crippen LogP contribution >= 0.6 is 23.7 Å². The molecule has 1 aliphatic rings. The van der Waals surface area contributed by atoms with Crippen molar-refractivity contribution in [3.05, 3.63) is 10.4 Å². The first-order valence-corrected chi connectivity index (χ1v) is 5.90. The Bertz CT molecular complexity index is 409. The third-order valence-corrected chi connectivity index (χ3v) is 3.60. The Kier molecular flexibility index (Phi) is 5.04. The Balaban J connectivity index is 0.00000144. The summed E-state index contributed by atoms with van der Waals surface area (Å²) in [6.45, 7) is 1.81. The van der Waals surface area contributed by atoms with Crippen molar-refractivity contribution in [2.45, 2.75) is 12.8 Å². The van der Waals surface area contributed by atoms with Crippen LogP contribution in [0.1, 0.15) is 10.4 Å². The van der Waals surface area contributed by atoms with E-state index in [-0.39, 0.29) is 12.4 Å². The molecule has 3 N–H and O–H groups in total. The van der Waals surface area contributed by atoms with Crippen LogP contribution in [0.5, 0.6) is 5.75 Å². The molecule has 0 fully saturated rings. The minimum Gasteiger partial charge on any atom is -0.437 e. The van der Waals surface area contributed by atoms with Gasteiger partial charge < -0.3 is 20.5 Å². The van der Waals surface area contributed by atoms with E-state index >= 15 is 0 Å². The summed E-state index contributed by atoms with van der Waals surface area (Å²) in [5.74, 6) is 0.482. The summed E-state index contributed by atoms with van der Waals surface area (Å²) in [5.41, 5.74) is 6.88. The van der Waals surface area contributed by atoms with Crippen LogP contribution in [-0.4, -0.2) is 26.4 Å². The minimum absolute atomic E-state index is 0. The van der Waals surface area contributed by atoms with Crippen LogP contribution in [0.2, 0.25) is 0 Å². The van der Waals surface area contributed by atoms with E-state index in [4.69, 9.17) is 10.5 Å². The number of fused-ring (bicyclic) bond motifs is 1. The first kappa shape index (κ1) is 14.1. The number of nitrogens with one attached hydrogen (secondary N) is 1. The monoisotopic (exact) mass is 278 g/mol. The van der Waals surface area contributed by atoms with Crippen molar-refractivity contribution in [3.63, 3.8) is 0 Å². The second-order valence-corrected chi connectivity index (χ2v) is 4.64. The van der Waals surface area contributed by atoms with Crippen molar-refractivity contribution in [1.82, 2.24) is 5.32 Å². The molecule has 0 amide bonds. The van der Waals surface area contributed by atoms with Gasteiger partial charge in [-0.2, -0.15) is 0 Å². The number of anilines is 1. The van der Waals surface area contributed by atoms with Crippen molar-refractivity contribution in [1.29, 1.82) is 0 Å². The van der Waals surface area contributed by atoms with E-state index in [0.29, 0.717) is 10.8 Å². The predicted molar refractivity (Wildman–Crippen MR) is 69.3 cm³/mol. The lowest BCUT2D eigenvalue weighted by Gasteiger charge is -2.05. The van der Waals surface area contributed by atoms with Crippen LogP contribution in [0.3, 0.4) is 0 Å². The smallest absolute Gasteiger partial charge is 0.437 e. The zero-order valence-corrected chi connectivity index (χ0v) is 11.1. The number of nitrogens with two attached hydrogens (primary N) is 1. The highest BCUT2D eigenvalue weighted by Gasteiger charge is 2.21. The lowest BCUT2D eigenvalue weighted by atomic mass is 10.1. The number of methoxy groups -OCH3 is 1. The summed E-state index contributed by atoms with van der Waals surface area (Å²) in [7, 11) is 1.28. The summed E-state index contributed by atoms with van der Waals surface area (Å²) in [5, 5.41) is 3.84. The first-order valence-electron chi connectivity index (χ1n) is 5.09. The highest BCUT2D eigenvalue weighted by Crippen LogP contribution is 2.39. The zero-order chi connectivity index (χ0) is 11.5. The third kappa shape index (κ3) is 3.02. The Hall–Kier alpha value is -0.980. The van der Waals surface area contributed by atoms with Crippen molar-refractivity contribution in [2.24, 2.45) is 0 Å². The molecule has 0 saturated heterocycles. The van der Waals surface area contributed by atoms with Crippen LogP contribution in [0, 0.1) is 0 Å². The van der Waals surface area contributed by atoms with E-state index in [9.17, 15) is 4.79 Å². The molecule has 0 spiro atoms. The summed E-state index contributed by atoms with van der Waals surface area (Å²) in [6, 6.07) is 0. The molecule has 1 aromatic heterocycles. The fraction of sp³-hybridized carbons (Fsp3) is 0.500. The van der Waals surface area contributed by atoms with Crippen LogP contribution in [-0.2, 0) is 17.6 Å². The third-order valence-electron chi connectivity index (χ3n) is 2.50. The first-order chi connectivity index (χ1) is 7.72. The lowest BCUT2D eigenvalue weighted by molar-refractivity contribution is 0.121. The van der Waals surface area contributed by atoms with Gasteiger partial charge in [-0.1, -0.05) is 0 Å². The van der Waals surface area contributed by atoms with E-state index in [1.165, 1.54) is 23.3 Å². The van der Waals surface area contributed by atoms with E-state index < -0.39 is 6.16 Å². The average molecular weight is 279 g/mol. The number of nitrogen functional groups attached to an aromatic ring is 1. The highest BCUT2D eigenvalue weighted by atomic mass is 35.5. The molecule has 0 atom stereocenters. The fourth-order valence-electron chi connectivity index (χ4n) is 1.75. The van der Waals surface area contributed by atoms with E-state index in [1.807, 2.05) is 0 Å².